The summed E-state index contributed by atoms with van der Waals surface area (Å²) >= 11 is 0. The Morgan fingerprint density at radius 1 is 0.351 bits per heavy atom. The molecule has 0 radical (unpaired) electrons. The van der Waals surface area contributed by atoms with E-state index in [1.54, 1.807) is 0 Å². The molecule has 2 nitrogen and oxygen atoms in total. The maximum Gasteiger partial charge on any atom is 0.160 e. The third-order valence-corrected chi connectivity index (χ3v) is 12.0. The van der Waals surface area contributed by atoms with Crippen molar-refractivity contribution in [3.63, 3.8) is 0 Å². The van der Waals surface area contributed by atoms with Crippen LogP contribution in [-0.4, -0.2) is 9.97 Å². The third-order valence-electron chi connectivity index (χ3n) is 12.0. The van der Waals surface area contributed by atoms with Gasteiger partial charge in [0.15, 0.2) is 5.82 Å². The molecule has 2 heteroatoms. The minimum atomic E-state index is -0.382. The van der Waals surface area contributed by atoms with Crippen LogP contribution in [0.25, 0.3) is 99.5 Å². The molecule has 11 rings (SSSR count). The van der Waals surface area contributed by atoms with Crippen LogP contribution in [-0.2, 0) is 5.41 Å². The molecule has 0 N–H and O–H groups in total. The van der Waals surface area contributed by atoms with Crippen molar-refractivity contribution in [3.8, 4) is 67.2 Å². The Morgan fingerprint density at radius 2 is 0.825 bits per heavy atom. The molecule has 9 aromatic carbocycles. The van der Waals surface area contributed by atoms with Gasteiger partial charge in [-0.3, -0.25) is 0 Å². The van der Waals surface area contributed by atoms with Gasteiger partial charge in [-0.05, 0) is 89.0 Å². The van der Waals surface area contributed by atoms with E-state index in [1.807, 2.05) is 0 Å². The lowest BCUT2D eigenvalue weighted by Crippen LogP contribution is -2.18. The van der Waals surface area contributed by atoms with Gasteiger partial charge in [0, 0.05) is 22.1 Å². The van der Waals surface area contributed by atoms with Gasteiger partial charge in [-0.2, -0.15) is 0 Å². The molecule has 0 atom stereocenters. The second kappa shape index (κ2) is 13.0. The Kier molecular flexibility index (Phi) is 7.55. The SMILES string of the molecule is CC1(C)c2nc(-c3cccc4ccccc34)nc(-c3cccc(-c4cccc(-c5ccc(-c6ccccc6)cc5)c4)c3)c2-c2c1c1ccccc1c1ccccc21. The van der Waals surface area contributed by atoms with Gasteiger partial charge >= 0.3 is 0 Å². The van der Waals surface area contributed by atoms with Gasteiger partial charge in [0.05, 0.1) is 11.4 Å². The number of hydrogen-bond donors (Lipinski definition) is 0. The van der Waals surface area contributed by atoms with Crippen LogP contribution in [0.3, 0.4) is 0 Å². The summed E-state index contributed by atoms with van der Waals surface area (Å²) in [6, 6.07) is 70.0. The van der Waals surface area contributed by atoms with Crippen LogP contribution in [0.5, 0.6) is 0 Å². The molecule has 10 aromatic rings. The van der Waals surface area contributed by atoms with Crippen LogP contribution in [0.4, 0.5) is 0 Å². The van der Waals surface area contributed by atoms with Crippen molar-refractivity contribution in [2.24, 2.45) is 0 Å². The Bertz CT molecular complexity index is 3190. The van der Waals surface area contributed by atoms with Crippen molar-refractivity contribution < 1.29 is 0 Å². The van der Waals surface area contributed by atoms with Gasteiger partial charge in [-0.25, -0.2) is 9.97 Å². The van der Waals surface area contributed by atoms with Crippen molar-refractivity contribution >= 4 is 32.3 Å². The molecular formula is C55H38N2. The van der Waals surface area contributed by atoms with Gasteiger partial charge in [0.2, 0.25) is 0 Å². The Hall–Kier alpha value is -7.16. The molecule has 1 aliphatic rings. The highest BCUT2D eigenvalue weighted by Crippen LogP contribution is 2.56. The highest BCUT2D eigenvalue weighted by atomic mass is 14.9. The summed E-state index contributed by atoms with van der Waals surface area (Å²) < 4.78 is 0. The fraction of sp³-hybridized carbons (Fsp3) is 0.0545. The molecule has 0 amide bonds. The van der Waals surface area contributed by atoms with Gasteiger partial charge in [-0.15, -0.1) is 0 Å². The molecule has 1 aromatic heterocycles. The molecule has 0 bridgehead atoms. The topological polar surface area (TPSA) is 25.8 Å². The van der Waals surface area contributed by atoms with Crippen LogP contribution in [0.15, 0.2) is 194 Å². The predicted octanol–water partition coefficient (Wildman–Crippen LogP) is 14.6. The largest absolute Gasteiger partial charge is 0.231 e. The minimum absolute atomic E-state index is 0.382. The molecule has 1 aliphatic carbocycles. The lowest BCUT2D eigenvalue weighted by atomic mass is 9.81. The fourth-order valence-electron chi connectivity index (χ4n) is 9.28. The summed E-state index contributed by atoms with van der Waals surface area (Å²) in [5.74, 6) is 0.751. The quantitative estimate of drug-likeness (QED) is 0.165. The highest BCUT2D eigenvalue weighted by molar-refractivity contribution is 6.19. The van der Waals surface area contributed by atoms with Crippen molar-refractivity contribution in [1.82, 2.24) is 9.97 Å². The van der Waals surface area contributed by atoms with Crippen molar-refractivity contribution in [1.29, 1.82) is 0 Å². The molecule has 57 heavy (non-hydrogen) atoms. The van der Waals surface area contributed by atoms with E-state index in [4.69, 9.17) is 9.97 Å². The van der Waals surface area contributed by atoms with Gasteiger partial charge in [0.1, 0.15) is 0 Å². The standard InChI is InChI=1S/C55H38N2/c1-55(2)51-47-27-11-9-25-45(47)44-24-8-10-26-46(44)49(51)50-52(56-54(57-53(50)55)48-28-14-18-38-17-6-7-23-43(38)48)42-22-13-21-41(34-42)40-20-12-19-39(33-40)37-31-29-36(30-32-37)35-15-4-3-5-16-35/h3-34H,1-2H3. The molecule has 0 spiro atoms. The van der Waals surface area contributed by atoms with Crippen LogP contribution in [0, 0.1) is 0 Å². The lowest BCUT2D eigenvalue weighted by molar-refractivity contribution is 0.641. The Morgan fingerprint density at radius 3 is 1.54 bits per heavy atom. The summed E-state index contributed by atoms with van der Waals surface area (Å²) in [6.07, 6.45) is 0. The Balaban J connectivity index is 1.12. The zero-order valence-electron chi connectivity index (χ0n) is 31.9. The van der Waals surface area contributed by atoms with Crippen molar-refractivity contribution in [3.05, 3.63) is 205 Å². The van der Waals surface area contributed by atoms with Crippen LogP contribution < -0.4 is 0 Å². The first-order valence-electron chi connectivity index (χ1n) is 19.7. The second-order valence-electron chi connectivity index (χ2n) is 15.7. The lowest BCUT2D eigenvalue weighted by Gasteiger charge is -2.23. The number of hydrogen-bond acceptors (Lipinski definition) is 2. The van der Waals surface area contributed by atoms with Gasteiger partial charge in [0.25, 0.3) is 0 Å². The van der Waals surface area contributed by atoms with Crippen LogP contribution in [0.2, 0.25) is 0 Å². The molecule has 0 saturated carbocycles. The average molecular weight is 727 g/mol. The van der Waals surface area contributed by atoms with E-state index < -0.39 is 0 Å². The van der Waals surface area contributed by atoms with Gasteiger partial charge in [-0.1, -0.05) is 196 Å². The van der Waals surface area contributed by atoms with Gasteiger partial charge < -0.3 is 0 Å². The normalized spacial score (nSPS) is 12.9. The first-order valence-corrected chi connectivity index (χ1v) is 19.7. The summed E-state index contributed by atoms with van der Waals surface area (Å²) in [5.41, 5.74) is 14.6. The van der Waals surface area contributed by atoms with E-state index in [1.165, 1.54) is 65.9 Å². The van der Waals surface area contributed by atoms with E-state index in [0.717, 1.165) is 44.9 Å². The summed E-state index contributed by atoms with van der Waals surface area (Å²) in [6.45, 7) is 4.69. The van der Waals surface area contributed by atoms with E-state index in [-0.39, 0.29) is 5.41 Å². The fourth-order valence-corrected chi connectivity index (χ4v) is 9.28. The smallest absolute Gasteiger partial charge is 0.160 e. The summed E-state index contributed by atoms with van der Waals surface area (Å²) in [5, 5.41) is 7.36. The molecular weight excluding hydrogens is 689 g/mol. The maximum atomic E-state index is 5.61. The summed E-state index contributed by atoms with van der Waals surface area (Å²) in [7, 11) is 0. The third kappa shape index (κ3) is 5.33. The van der Waals surface area contributed by atoms with Crippen LogP contribution in [0.1, 0.15) is 25.1 Å². The number of rotatable bonds is 5. The highest BCUT2D eigenvalue weighted by Gasteiger charge is 2.42. The zero-order chi connectivity index (χ0) is 38.1. The van der Waals surface area contributed by atoms with Crippen molar-refractivity contribution in [2.45, 2.75) is 19.3 Å². The number of benzene rings is 9. The van der Waals surface area contributed by atoms with E-state index in [9.17, 15) is 0 Å². The average Bonchev–Trinajstić information content (AvgIpc) is 3.53. The molecule has 0 fully saturated rings. The minimum Gasteiger partial charge on any atom is -0.231 e. The maximum absolute atomic E-state index is 5.61. The van der Waals surface area contributed by atoms with Crippen molar-refractivity contribution in [2.75, 3.05) is 0 Å². The number of nitrogens with zero attached hydrogens (tertiary/aromatic N) is 2. The summed E-state index contributed by atoms with van der Waals surface area (Å²) in [4.78, 5) is 11.2. The van der Waals surface area contributed by atoms with E-state index >= 15 is 0 Å². The first kappa shape index (κ1) is 33.2. The molecule has 0 aliphatic heterocycles. The first-order chi connectivity index (χ1) is 28.0. The molecule has 0 saturated heterocycles. The number of fused-ring (bicyclic) bond motifs is 9. The number of aromatic nitrogens is 2. The zero-order valence-corrected chi connectivity index (χ0v) is 31.9. The van der Waals surface area contributed by atoms with E-state index in [0.29, 0.717) is 0 Å². The predicted molar refractivity (Wildman–Crippen MR) is 239 cm³/mol. The van der Waals surface area contributed by atoms with Crippen LogP contribution >= 0.6 is 0 Å². The Labute approximate surface area is 332 Å². The molecule has 0 unspecified atom stereocenters. The monoisotopic (exact) mass is 726 g/mol. The van der Waals surface area contributed by atoms with E-state index in [2.05, 4.69) is 208 Å². The second-order valence-corrected chi connectivity index (χ2v) is 15.7. The molecule has 268 valence electrons. The molecule has 1 heterocycles.